The average molecular weight is 166 g/mol. The van der Waals surface area contributed by atoms with Crippen molar-refractivity contribution in [2.24, 2.45) is 0 Å². The summed E-state index contributed by atoms with van der Waals surface area (Å²) in [6.07, 6.45) is 7.28. The number of nitrogens with one attached hydrogen (secondary N) is 1. The largest absolute Gasteiger partial charge is 0.315 e. The van der Waals surface area contributed by atoms with Gasteiger partial charge in [-0.2, -0.15) is 0 Å². The molecule has 2 aliphatic heterocycles. The minimum atomic E-state index is 0.894. The molecule has 3 rings (SSSR count). The molecule has 2 heterocycles. The summed E-state index contributed by atoms with van der Waals surface area (Å²) in [7, 11) is 0. The molecule has 0 radical (unpaired) electrons. The molecule has 2 saturated heterocycles. The van der Waals surface area contributed by atoms with Crippen molar-refractivity contribution in [3.63, 3.8) is 0 Å². The highest BCUT2D eigenvalue weighted by molar-refractivity contribution is 4.99. The highest BCUT2D eigenvalue weighted by Gasteiger charge is 2.42. The topological polar surface area (TPSA) is 15.3 Å². The molecule has 2 nitrogen and oxygen atoms in total. The molecule has 3 aliphatic rings. The molecule has 1 aliphatic carbocycles. The maximum atomic E-state index is 3.55. The van der Waals surface area contributed by atoms with Crippen LogP contribution in [0.5, 0.6) is 0 Å². The lowest BCUT2D eigenvalue weighted by Crippen LogP contribution is -2.39. The molecule has 0 spiro atoms. The number of hydrogen-bond acceptors (Lipinski definition) is 2. The summed E-state index contributed by atoms with van der Waals surface area (Å²) in [5.41, 5.74) is 0. The van der Waals surface area contributed by atoms with Gasteiger partial charge in [0.05, 0.1) is 0 Å². The summed E-state index contributed by atoms with van der Waals surface area (Å²) in [5.74, 6) is 0. The third-order valence-electron chi connectivity index (χ3n) is 3.68. The monoisotopic (exact) mass is 166 g/mol. The van der Waals surface area contributed by atoms with Crippen molar-refractivity contribution < 1.29 is 0 Å². The van der Waals surface area contributed by atoms with Gasteiger partial charge in [-0.15, -0.1) is 0 Å². The van der Waals surface area contributed by atoms with Gasteiger partial charge in [0.1, 0.15) is 0 Å². The van der Waals surface area contributed by atoms with Crippen LogP contribution >= 0.6 is 0 Å². The van der Waals surface area contributed by atoms with E-state index in [1.54, 1.807) is 0 Å². The number of rotatable bonds is 1. The second-order valence-electron chi connectivity index (χ2n) is 4.56. The lowest BCUT2D eigenvalue weighted by atomic mass is 10.1. The predicted molar refractivity (Wildman–Crippen MR) is 49.2 cm³/mol. The van der Waals surface area contributed by atoms with Gasteiger partial charge in [0.15, 0.2) is 0 Å². The van der Waals surface area contributed by atoms with Crippen molar-refractivity contribution in [2.45, 2.75) is 50.2 Å². The van der Waals surface area contributed by atoms with Crippen molar-refractivity contribution in [3.05, 3.63) is 0 Å². The zero-order valence-electron chi connectivity index (χ0n) is 7.63. The Morgan fingerprint density at radius 2 is 1.50 bits per heavy atom. The summed E-state index contributed by atoms with van der Waals surface area (Å²) < 4.78 is 0. The Hall–Kier alpha value is -0.0800. The fourth-order valence-corrected chi connectivity index (χ4v) is 2.99. The van der Waals surface area contributed by atoms with Crippen molar-refractivity contribution >= 4 is 0 Å². The lowest BCUT2D eigenvalue weighted by Gasteiger charge is -2.27. The van der Waals surface area contributed by atoms with Gasteiger partial charge in [0.25, 0.3) is 0 Å². The molecule has 1 saturated carbocycles. The van der Waals surface area contributed by atoms with Gasteiger partial charge in [-0.05, 0) is 38.6 Å². The predicted octanol–water partition coefficient (Wildman–Crippen LogP) is 0.975. The maximum Gasteiger partial charge on any atom is 0.0227 e. The van der Waals surface area contributed by atoms with Crippen LogP contribution in [0.25, 0.3) is 0 Å². The number of fused-ring (bicyclic) bond motifs is 2. The first-order valence-corrected chi connectivity index (χ1v) is 5.43. The lowest BCUT2D eigenvalue weighted by molar-refractivity contribution is 0.192. The van der Waals surface area contributed by atoms with E-state index in [2.05, 4.69) is 10.2 Å². The van der Waals surface area contributed by atoms with Crippen LogP contribution in [0.2, 0.25) is 0 Å². The zero-order valence-corrected chi connectivity index (χ0v) is 7.63. The second kappa shape index (κ2) is 2.71. The molecular weight excluding hydrogens is 148 g/mol. The zero-order chi connectivity index (χ0) is 7.97. The second-order valence-corrected chi connectivity index (χ2v) is 4.56. The molecule has 0 aromatic rings. The van der Waals surface area contributed by atoms with Crippen molar-refractivity contribution in [1.82, 2.24) is 10.2 Å². The van der Waals surface area contributed by atoms with E-state index in [-0.39, 0.29) is 0 Å². The maximum absolute atomic E-state index is 3.55. The Labute approximate surface area is 74.3 Å². The minimum Gasteiger partial charge on any atom is -0.315 e. The summed E-state index contributed by atoms with van der Waals surface area (Å²) in [5, 5.41) is 3.55. The molecule has 2 atom stereocenters. The summed E-state index contributed by atoms with van der Waals surface area (Å²) >= 11 is 0. The molecule has 1 N–H and O–H groups in total. The van der Waals surface area contributed by atoms with E-state index in [0.29, 0.717) is 0 Å². The van der Waals surface area contributed by atoms with Gasteiger partial charge in [0, 0.05) is 24.7 Å². The first-order valence-electron chi connectivity index (χ1n) is 5.43. The average Bonchev–Trinajstić information content (AvgIpc) is 2.78. The van der Waals surface area contributed by atoms with E-state index in [1.165, 1.54) is 45.2 Å². The van der Waals surface area contributed by atoms with Crippen LogP contribution in [0, 0.1) is 0 Å². The van der Waals surface area contributed by atoms with E-state index in [1.807, 2.05) is 0 Å². The molecule has 0 aromatic heterocycles. The fourth-order valence-electron chi connectivity index (χ4n) is 2.99. The van der Waals surface area contributed by atoms with Crippen molar-refractivity contribution in [2.75, 3.05) is 13.1 Å². The standard InChI is InChI=1S/C10H18N2/c1-2-8(1)12-9-3-4-10(12)7-11-6-5-9/h8-11H,1-7H2/t9-,10+/m1/s1. The van der Waals surface area contributed by atoms with Crippen LogP contribution in [0.4, 0.5) is 0 Å². The molecule has 3 fully saturated rings. The molecular formula is C10H18N2. The molecule has 0 amide bonds. The molecule has 0 unspecified atom stereocenters. The fraction of sp³-hybridized carbons (Fsp3) is 1.00. The Balaban J connectivity index is 1.79. The Bertz CT molecular complexity index is 163. The summed E-state index contributed by atoms with van der Waals surface area (Å²) in [4.78, 5) is 2.83. The molecule has 2 bridgehead atoms. The molecule has 2 heteroatoms. The van der Waals surface area contributed by atoms with Crippen LogP contribution in [0.1, 0.15) is 32.1 Å². The molecule has 68 valence electrons. The van der Waals surface area contributed by atoms with E-state index >= 15 is 0 Å². The van der Waals surface area contributed by atoms with Gasteiger partial charge < -0.3 is 5.32 Å². The Kier molecular flexibility index (Phi) is 1.66. The summed E-state index contributed by atoms with van der Waals surface area (Å²) in [6.45, 7) is 2.51. The first kappa shape index (κ1) is 7.34. The quantitative estimate of drug-likeness (QED) is 0.624. The van der Waals surface area contributed by atoms with Crippen LogP contribution in [0.15, 0.2) is 0 Å². The van der Waals surface area contributed by atoms with E-state index in [4.69, 9.17) is 0 Å². The normalized spacial score (nSPS) is 43.0. The highest BCUT2D eigenvalue weighted by atomic mass is 15.3. The van der Waals surface area contributed by atoms with Crippen molar-refractivity contribution in [1.29, 1.82) is 0 Å². The van der Waals surface area contributed by atoms with E-state index in [9.17, 15) is 0 Å². The van der Waals surface area contributed by atoms with Crippen LogP contribution in [-0.4, -0.2) is 36.1 Å². The molecule has 0 aromatic carbocycles. The third kappa shape index (κ3) is 1.09. The number of nitrogens with zero attached hydrogens (tertiary/aromatic N) is 1. The minimum absolute atomic E-state index is 0.894. The Morgan fingerprint density at radius 3 is 2.33 bits per heavy atom. The van der Waals surface area contributed by atoms with Gasteiger partial charge in [-0.25, -0.2) is 0 Å². The third-order valence-corrected chi connectivity index (χ3v) is 3.68. The van der Waals surface area contributed by atoms with Gasteiger partial charge in [-0.1, -0.05) is 0 Å². The highest BCUT2D eigenvalue weighted by Crippen LogP contribution is 2.38. The van der Waals surface area contributed by atoms with Crippen LogP contribution in [0.3, 0.4) is 0 Å². The first-order chi connectivity index (χ1) is 5.95. The summed E-state index contributed by atoms with van der Waals surface area (Å²) in [6, 6.07) is 2.82. The van der Waals surface area contributed by atoms with E-state index in [0.717, 1.165) is 18.1 Å². The van der Waals surface area contributed by atoms with Gasteiger partial charge in [-0.3, -0.25) is 4.90 Å². The molecule has 12 heavy (non-hydrogen) atoms. The van der Waals surface area contributed by atoms with Gasteiger partial charge >= 0.3 is 0 Å². The SMILES string of the molecule is C1C[C@H]2CC[C@@H](CN1)N2C1CC1. The Morgan fingerprint density at radius 1 is 0.833 bits per heavy atom. The van der Waals surface area contributed by atoms with E-state index < -0.39 is 0 Å². The van der Waals surface area contributed by atoms with Crippen molar-refractivity contribution in [3.8, 4) is 0 Å². The van der Waals surface area contributed by atoms with Gasteiger partial charge in [0.2, 0.25) is 0 Å². The van der Waals surface area contributed by atoms with Crippen LogP contribution in [-0.2, 0) is 0 Å². The number of hydrogen-bond donors (Lipinski definition) is 1. The van der Waals surface area contributed by atoms with Crippen LogP contribution < -0.4 is 5.32 Å². The smallest absolute Gasteiger partial charge is 0.0227 e.